The number of oxazole rings is 1. The number of ether oxygens (including phenoxy) is 1. The Morgan fingerprint density at radius 3 is 2.68 bits per heavy atom. The van der Waals surface area contributed by atoms with Crippen LogP contribution in [0.25, 0.3) is 21.7 Å². The van der Waals surface area contributed by atoms with E-state index in [1.165, 1.54) is 17.4 Å². The lowest BCUT2D eigenvalue weighted by Crippen LogP contribution is -2.67. The van der Waals surface area contributed by atoms with Crippen molar-refractivity contribution in [3.8, 4) is 10.6 Å². The summed E-state index contributed by atoms with van der Waals surface area (Å²) in [7, 11) is 1.05. The van der Waals surface area contributed by atoms with Gasteiger partial charge in [-0.15, -0.1) is 11.3 Å². The lowest BCUT2D eigenvalue weighted by molar-refractivity contribution is -0.215. The number of alkyl halides is 3. The molecule has 148 valence electrons. The number of fused-ring (bicyclic) bond motifs is 3. The van der Waals surface area contributed by atoms with Crippen LogP contribution >= 0.6 is 11.3 Å². The minimum absolute atomic E-state index is 0.0550. The van der Waals surface area contributed by atoms with Crippen LogP contribution in [0.5, 0.6) is 0 Å². The van der Waals surface area contributed by atoms with Crippen LogP contribution in [0.1, 0.15) is 18.1 Å². The Morgan fingerprint density at radius 2 is 2.07 bits per heavy atom. The Morgan fingerprint density at radius 1 is 1.32 bits per heavy atom. The average molecular weight is 410 g/mol. The molecule has 0 aliphatic carbocycles. The average Bonchev–Trinajstić information content (AvgIpc) is 3.31. The Balaban J connectivity index is 1.66. The van der Waals surface area contributed by atoms with E-state index in [1.54, 1.807) is 12.3 Å². The molecule has 10 heteroatoms. The van der Waals surface area contributed by atoms with Crippen molar-refractivity contribution in [3.63, 3.8) is 0 Å². The van der Waals surface area contributed by atoms with E-state index in [0.717, 1.165) is 26.6 Å². The molecule has 3 saturated heterocycles. The van der Waals surface area contributed by atoms with E-state index >= 15 is 0 Å². The zero-order valence-electron chi connectivity index (χ0n) is 14.9. The van der Waals surface area contributed by atoms with Gasteiger partial charge in [0.15, 0.2) is 11.7 Å². The molecule has 3 aliphatic rings. The second-order valence-electron chi connectivity index (χ2n) is 7.07. The van der Waals surface area contributed by atoms with Crippen LogP contribution in [0.4, 0.5) is 19.2 Å². The van der Waals surface area contributed by atoms with Crippen LogP contribution < -0.4 is 10.2 Å². The van der Waals surface area contributed by atoms with Crippen LogP contribution in [0.15, 0.2) is 28.1 Å². The minimum Gasteiger partial charge on any atom is -0.423 e. The summed E-state index contributed by atoms with van der Waals surface area (Å²) in [6.45, 7) is 1.44. The quantitative estimate of drug-likeness (QED) is 0.707. The fourth-order valence-corrected chi connectivity index (χ4v) is 4.65. The highest BCUT2D eigenvalue weighted by Gasteiger charge is 2.43. The fourth-order valence-electron chi connectivity index (χ4n) is 3.99. The summed E-state index contributed by atoms with van der Waals surface area (Å²) < 4.78 is 51.3. The maximum atomic E-state index is 13.5. The number of anilines is 1. The second kappa shape index (κ2) is 6.43. The van der Waals surface area contributed by atoms with Gasteiger partial charge in [-0.2, -0.15) is 18.2 Å². The first-order chi connectivity index (χ1) is 13.4. The van der Waals surface area contributed by atoms with Gasteiger partial charge in [0.05, 0.1) is 5.56 Å². The van der Waals surface area contributed by atoms with Crippen molar-refractivity contribution in [2.75, 3.05) is 25.1 Å². The molecule has 2 bridgehead atoms. The highest BCUT2D eigenvalue weighted by Crippen LogP contribution is 2.42. The first-order valence-electron chi connectivity index (χ1n) is 8.88. The van der Waals surface area contributed by atoms with Gasteiger partial charge in [0, 0.05) is 49.4 Å². The monoisotopic (exact) mass is 410 g/mol. The number of piperazine rings is 1. The van der Waals surface area contributed by atoms with Crippen molar-refractivity contribution < 1.29 is 22.3 Å². The Bertz CT molecular complexity index is 988. The number of hydrogen-bond donors (Lipinski definition) is 1. The minimum atomic E-state index is -4.56. The van der Waals surface area contributed by atoms with E-state index < -0.39 is 12.3 Å². The smallest absolute Gasteiger partial charge is 0.418 e. The Kier molecular flexibility index (Phi) is 4.11. The van der Waals surface area contributed by atoms with Crippen molar-refractivity contribution in [1.82, 2.24) is 15.3 Å². The number of hydrogen-bond acceptors (Lipinski definition) is 7. The number of benzene rings is 1. The van der Waals surface area contributed by atoms with E-state index in [9.17, 15) is 13.2 Å². The summed E-state index contributed by atoms with van der Waals surface area (Å²) in [4.78, 5) is 10.7. The second-order valence-corrected chi connectivity index (χ2v) is 7.97. The number of rotatable bonds is 4. The summed E-state index contributed by atoms with van der Waals surface area (Å²) in [6.07, 6.45) is -3.88. The lowest BCUT2D eigenvalue weighted by atomic mass is 9.92. The van der Waals surface area contributed by atoms with Gasteiger partial charge in [-0.3, -0.25) is 0 Å². The molecule has 6 nitrogen and oxygen atoms in total. The first kappa shape index (κ1) is 17.9. The number of aromatic nitrogens is 2. The molecular weight excluding hydrogens is 393 g/mol. The molecule has 28 heavy (non-hydrogen) atoms. The van der Waals surface area contributed by atoms with Gasteiger partial charge in [-0.1, -0.05) is 6.07 Å². The van der Waals surface area contributed by atoms with Gasteiger partial charge in [-0.05, 0) is 12.5 Å². The molecule has 6 rings (SSSR count). The third kappa shape index (κ3) is 2.87. The van der Waals surface area contributed by atoms with Crippen LogP contribution in [0.2, 0.25) is 0 Å². The molecule has 3 aromatic rings. The van der Waals surface area contributed by atoms with Crippen molar-refractivity contribution in [2.45, 2.75) is 30.8 Å². The molecule has 1 aromatic carbocycles. The molecule has 3 atom stereocenters. The zero-order chi connectivity index (χ0) is 19.5. The summed E-state index contributed by atoms with van der Waals surface area (Å²) in [6, 6.07) is 4.08. The number of nitrogens with one attached hydrogen (secondary N) is 1. The zero-order valence-corrected chi connectivity index (χ0v) is 15.7. The van der Waals surface area contributed by atoms with Crippen molar-refractivity contribution >= 4 is 28.5 Å². The van der Waals surface area contributed by atoms with Crippen molar-refractivity contribution in [3.05, 3.63) is 29.3 Å². The third-order valence-corrected chi connectivity index (χ3v) is 6.04. The maximum Gasteiger partial charge on any atom is 0.418 e. The van der Waals surface area contributed by atoms with Gasteiger partial charge < -0.3 is 19.4 Å². The van der Waals surface area contributed by atoms with Crippen LogP contribution in [-0.2, 0) is 4.74 Å². The van der Waals surface area contributed by atoms with Gasteiger partial charge >= 0.3 is 6.18 Å². The first-order valence-corrected chi connectivity index (χ1v) is 9.76. The highest BCUT2D eigenvalue weighted by molar-refractivity contribution is 7.13. The van der Waals surface area contributed by atoms with Gasteiger partial charge in [-0.25, -0.2) is 4.98 Å². The predicted molar refractivity (Wildman–Crippen MR) is 98.5 cm³/mol. The number of nitrogens with zero attached hydrogens (tertiary/aromatic N) is 3. The molecule has 3 fully saturated rings. The predicted octanol–water partition coefficient (Wildman–Crippen LogP) is 3.75. The summed E-state index contributed by atoms with van der Waals surface area (Å²) >= 11 is 1.39. The molecule has 0 saturated carbocycles. The highest BCUT2D eigenvalue weighted by atomic mass is 32.1. The van der Waals surface area contributed by atoms with E-state index in [2.05, 4.69) is 15.3 Å². The largest absolute Gasteiger partial charge is 0.423 e. The Hall–Kier alpha value is -2.17. The Labute approximate surface area is 162 Å². The van der Waals surface area contributed by atoms with Gasteiger partial charge in [0.2, 0.25) is 0 Å². The summed E-state index contributed by atoms with van der Waals surface area (Å²) in [5, 5.41) is 5.90. The lowest BCUT2D eigenvalue weighted by Gasteiger charge is -2.47. The van der Waals surface area contributed by atoms with E-state index in [0.29, 0.717) is 34.3 Å². The molecule has 0 amide bonds. The van der Waals surface area contributed by atoms with Crippen LogP contribution in [0, 0.1) is 0 Å². The molecule has 3 aliphatic heterocycles. The van der Waals surface area contributed by atoms with E-state index in [4.69, 9.17) is 9.15 Å². The summed E-state index contributed by atoms with van der Waals surface area (Å²) in [5.41, 5.74) is 1.05. The number of piperidine rings is 1. The van der Waals surface area contributed by atoms with E-state index in [1.807, 2.05) is 10.3 Å². The summed E-state index contributed by atoms with van der Waals surface area (Å²) in [5.74, 6) is 0. The molecular formula is C18H17F3N4O2S. The maximum absolute atomic E-state index is 13.5. The number of halogens is 3. The van der Waals surface area contributed by atoms with E-state index in [-0.39, 0.29) is 11.1 Å². The number of thiazole rings is 1. The molecule has 2 unspecified atom stereocenters. The normalized spacial score (nSPS) is 23.1. The molecule has 0 radical (unpaired) electrons. The SMILES string of the molecule is CO[C@H](c1ccc(-c2nccs2)c2oc(N3CC4CC(C3)N4)nc12)C(F)(F)F. The standard InChI is InChI=1S/C18H17F3N4O2S/c1-26-15(18(19,20)21)11-2-3-12(16-22-4-5-28-16)14-13(11)24-17(27-14)25-7-9-6-10(8-25)23-9/h2-5,9-10,15,23H,6-8H2,1H3/t9?,10?,15-/m1/s1. The fraction of sp³-hybridized carbons (Fsp3) is 0.444. The van der Waals surface area contributed by atoms with Crippen molar-refractivity contribution in [2.24, 2.45) is 0 Å². The van der Waals surface area contributed by atoms with Crippen molar-refractivity contribution in [1.29, 1.82) is 0 Å². The van der Waals surface area contributed by atoms with Gasteiger partial charge in [0.1, 0.15) is 10.5 Å². The van der Waals surface area contributed by atoms with Gasteiger partial charge in [0.25, 0.3) is 6.01 Å². The molecule has 1 N–H and O–H groups in total. The van der Waals surface area contributed by atoms with Crippen LogP contribution in [0.3, 0.4) is 0 Å². The third-order valence-electron chi connectivity index (χ3n) is 5.23. The molecule has 0 spiro atoms. The van der Waals surface area contributed by atoms with Crippen LogP contribution in [-0.4, -0.2) is 48.4 Å². The molecule has 2 aromatic heterocycles. The topological polar surface area (TPSA) is 63.4 Å². The number of methoxy groups -OCH3 is 1. The molecule has 5 heterocycles.